The number of likely N-dealkylation sites (N-methyl/N-ethyl adjacent to an activating group) is 1. The maximum Gasteiger partial charge on any atom is 0.250 e. The average Bonchev–Trinajstić information content (AvgIpc) is 2.76. The molecule has 0 radical (unpaired) electrons. The molecule has 1 fully saturated rings. The fourth-order valence-corrected chi connectivity index (χ4v) is 4.16. The van der Waals surface area contributed by atoms with Crippen LogP contribution in [0.3, 0.4) is 0 Å². The van der Waals surface area contributed by atoms with Crippen LogP contribution in [0, 0.1) is 0 Å². The first-order chi connectivity index (χ1) is 14.1. The number of fused-ring (bicyclic) bond motifs is 1. The van der Waals surface area contributed by atoms with Gasteiger partial charge in [0.25, 0.3) is 0 Å². The Labute approximate surface area is 171 Å². The maximum atomic E-state index is 13.6. The van der Waals surface area contributed by atoms with Crippen molar-refractivity contribution < 1.29 is 9.59 Å². The zero-order valence-corrected chi connectivity index (χ0v) is 16.8. The average molecular weight is 386 g/mol. The van der Waals surface area contributed by atoms with Crippen molar-refractivity contribution in [1.82, 2.24) is 9.80 Å². The lowest BCUT2D eigenvalue weighted by Gasteiger charge is -2.36. The Hall–Kier alpha value is -3.14. The molecule has 1 unspecified atom stereocenters. The highest BCUT2D eigenvalue weighted by Gasteiger charge is 2.34. The molecule has 1 saturated heterocycles. The van der Waals surface area contributed by atoms with Crippen molar-refractivity contribution >= 4 is 22.6 Å². The fourth-order valence-electron chi connectivity index (χ4n) is 4.16. The summed E-state index contributed by atoms with van der Waals surface area (Å²) in [4.78, 5) is 29.7. The summed E-state index contributed by atoms with van der Waals surface area (Å²) in [7, 11) is 1.83. The Kier molecular flexibility index (Phi) is 5.61. The number of hydrogen-bond acceptors (Lipinski definition) is 2. The minimum Gasteiger partial charge on any atom is -0.339 e. The number of amides is 2. The number of rotatable bonds is 5. The van der Waals surface area contributed by atoms with E-state index < -0.39 is 6.04 Å². The maximum absolute atomic E-state index is 13.6. The van der Waals surface area contributed by atoms with Crippen LogP contribution < -0.4 is 0 Å². The Morgan fingerprint density at radius 1 is 0.966 bits per heavy atom. The van der Waals surface area contributed by atoms with Gasteiger partial charge in [0.15, 0.2) is 0 Å². The van der Waals surface area contributed by atoms with E-state index in [-0.39, 0.29) is 11.8 Å². The lowest BCUT2D eigenvalue weighted by molar-refractivity contribution is -0.147. The van der Waals surface area contributed by atoms with E-state index in [0.29, 0.717) is 19.5 Å². The summed E-state index contributed by atoms with van der Waals surface area (Å²) in [6.07, 6.45) is 2.36. The molecule has 0 aliphatic carbocycles. The Morgan fingerprint density at radius 3 is 2.48 bits per heavy atom. The van der Waals surface area contributed by atoms with E-state index in [1.165, 1.54) is 0 Å². The third kappa shape index (κ3) is 4.02. The van der Waals surface area contributed by atoms with E-state index in [1.54, 1.807) is 9.80 Å². The minimum absolute atomic E-state index is 0.0422. The van der Waals surface area contributed by atoms with E-state index in [0.717, 1.165) is 34.7 Å². The number of carbonyl (C=O) groups is 2. The van der Waals surface area contributed by atoms with Gasteiger partial charge in [-0.25, -0.2) is 0 Å². The third-order valence-electron chi connectivity index (χ3n) is 5.68. The molecule has 0 aromatic heterocycles. The molecule has 1 heterocycles. The van der Waals surface area contributed by atoms with Crippen molar-refractivity contribution in [3.8, 4) is 0 Å². The van der Waals surface area contributed by atoms with Gasteiger partial charge >= 0.3 is 0 Å². The highest BCUT2D eigenvalue weighted by Crippen LogP contribution is 2.28. The van der Waals surface area contributed by atoms with E-state index in [4.69, 9.17) is 0 Å². The molecule has 2 amide bonds. The Balaban J connectivity index is 1.64. The first-order valence-electron chi connectivity index (χ1n) is 10.2. The van der Waals surface area contributed by atoms with Gasteiger partial charge in [-0.1, -0.05) is 72.8 Å². The lowest BCUT2D eigenvalue weighted by atomic mass is 9.99. The molecule has 1 aliphatic heterocycles. The van der Waals surface area contributed by atoms with Crippen molar-refractivity contribution in [1.29, 1.82) is 0 Å². The van der Waals surface area contributed by atoms with Gasteiger partial charge in [0.1, 0.15) is 6.04 Å². The molecule has 3 aromatic rings. The van der Waals surface area contributed by atoms with Gasteiger partial charge in [-0.2, -0.15) is 0 Å². The molecular weight excluding hydrogens is 360 g/mol. The summed E-state index contributed by atoms with van der Waals surface area (Å²) in [5, 5.41) is 2.32. The molecule has 3 aromatic carbocycles. The zero-order valence-electron chi connectivity index (χ0n) is 16.8. The van der Waals surface area contributed by atoms with Crippen LogP contribution in [-0.2, 0) is 16.1 Å². The second-order valence-corrected chi connectivity index (χ2v) is 7.69. The van der Waals surface area contributed by atoms with E-state index in [1.807, 2.05) is 55.6 Å². The van der Waals surface area contributed by atoms with Crippen molar-refractivity contribution in [2.45, 2.75) is 31.8 Å². The van der Waals surface area contributed by atoms with Crippen LogP contribution in [0.5, 0.6) is 0 Å². The molecule has 29 heavy (non-hydrogen) atoms. The standard InChI is InChI=1S/C25H26N2O2/c1-26(18-21-14-9-13-19-10-5-6-15-22(19)21)25(29)24(20-11-3-2-4-12-20)27-17-8-7-16-23(27)28/h2-6,9-15,24H,7-8,16-18H2,1H3. The molecule has 148 valence electrons. The summed E-state index contributed by atoms with van der Waals surface area (Å²) in [5.74, 6) is 0.0244. The smallest absolute Gasteiger partial charge is 0.250 e. The summed E-state index contributed by atoms with van der Waals surface area (Å²) >= 11 is 0. The van der Waals surface area contributed by atoms with E-state index in [9.17, 15) is 9.59 Å². The summed E-state index contributed by atoms with van der Waals surface area (Å²) in [6.45, 7) is 1.14. The molecule has 4 rings (SSSR count). The van der Waals surface area contributed by atoms with Gasteiger partial charge < -0.3 is 9.80 Å². The SMILES string of the molecule is CN(Cc1cccc2ccccc12)C(=O)C(c1ccccc1)N1CCCCC1=O. The quantitative estimate of drug-likeness (QED) is 0.645. The van der Waals surface area contributed by atoms with Crippen LogP contribution in [0.2, 0.25) is 0 Å². The van der Waals surface area contributed by atoms with Gasteiger partial charge in [0.2, 0.25) is 11.8 Å². The van der Waals surface area contributed by atoms with E-state index in [2.05, 4.69) is 24.3 Å². The number of nitrogens with zero attached hydrogens (tertiary/aromatic N) is 2. The molecule has 1 atom stereocenters. The third-order valence-corrected chi connectivity index (χ3v) is 5.68. The molecule has 0 bridgehead atoms. The molecule has 0 saturated carbocycles. The highest BCUT2D eigenvalue weighted by atomic mass is 16.2. The van der Waals surface area contributed by atoms with Gasteiger partial charge in [0.05, 0.1) is 0 Å². The Morgan fingerprint density at radius 2 is 1.69 bits per heavy atom. The van der Waals surface area contributed by atoms with Gasteiger partial charge in [-0.05, 0) is 34.7 Å². The summed E-state index contributed by atoms with van der Waals surface area (Å²) < 4.78 is 0. The van der Waals surface area contributed by atoms with Crippen LogP contribution in [0.1, 0.15) is 36.4 Å². The zero-order chi connectivity index (χ0) is 20.2. The lowest BCUT2D eigenvalue weighted by Crippen LogP contribution is -2.46. The predicted molar refractivity (Wildman–Crippen MR) is 115 cm³/mol. The van der Waals surface area contributed by atoms with Crippen LogP contribution in [0.15, 0.2) is 72.8 Å². The van der Waals surface area contributed by atoms with Crippen LogP contribution in [-0.4, -0.2) is 35.2 Å². The molecular formula is C25H26N2O2. The van der Waals surface area contributed by atoms with E-state index >= 15 is 0 Å². The first kappa shape index (κ1) is 19.2. The molecule has 0 N–H and O–H groups in total. The van der Waals surface area contributed by atoms with Crippen LogP contribution in [0.25, 0.3) is 10.8 Å². The number of hydrogen-bond donors (Lipinski definition) is 0. The number of likely N-dealkylation sites (tertiary alicyclic amines) is 1. The van der Waals surface area contributed by atoms with Crippen molar-refractivity contribution in [3.63, 3.8) is 0 Å². The first-order valence-corrected chi connectivity index (χ1v) is 10.2. The predicted octanol–water partition coefficient (Wildman–Crippen LogP) is 4.55. The van der Waals surface area contributed by atoms with Crippen LogP contribution >= 0.6 is 0 Å². The number of benzene rings is 3. The van der Waals surface area contributed by atoms with Gasteiger partial charge in [-0.3, -0.25) is 9.59 Å². The van der Waals surface area contributed by atoms with Crippen LogP contribution in [0.4, 0.5) is 0 Å². The normalized spacial score (nSPS) is 15.3. The molecule has 4 nitrogen and oxygen atoms in total. The monoisotopic (exact) mass is 386 g/mol. The summed E-state index contributed by atoms with van der Waals surface area (Å²) in [5.41, 5.74) is 1.98. The van der Waals surface area contributed by atoms with Crippen molar-refractivity contribution in [2.24, 2.45) is 0 Å². The second kappa shape index (κ2) is 8.48. The van der Waals surface area contributed by atoms with Crippen molar-refractivity contribution in [2.75, 3.05) is 13.6 Å². The summed E-state index contributed by atoms with van der Waals surface area (Å²) in [6, 6.07) is 23.5. The molecule has 1 aliphatic rings. The Bertz CT molecular complexity index is 1010. The topological polar surface area (TPSA) is 40.6 Å². The van der Waals surface area contributed by atoms with Gasteiger partial charge in [0, 0.05) is 26.6 Å². The number of piperidine rings is 1. The largest absolute Gasteiger partial charge is 0.339 e. The number of carbonyl (C=O) groups excluding carboxylic acids is 2. The van der Waals surface area contributed by atoms with Gasteiger partial charge in [-0.15, -0.1) is 0 Å². The second-order valence-electron chi connectivity index (χ2n) is 7.69. The molecule has 0 spiro atoms. The molecule has 4 heteroatoms. The highest BCUT2D eigenvalue weighted by molar-refractivity contribution is 5.90. The van der Waals surface area contributed by atoms with Crippen molar-refractivity contribution in [3.05, 3.63) is 83.9 Å². The minimum atomic E-state index is -0.566. The fraction of sp³-hybridized carbons (Fsp3) is 0.280.